The summed E-state index contributed by atoms with van der Waals surface area (Å²) < 4.78 is 56.0. The van der Waals surface area contributed by atoms with E-state index in [4.69, 9.17) is 0 Å². The van der Waals surface area contributed by atoms with Crippen molar-refractivity contribution < 1.29 is 16.8 Å². The van der Waals surface area contributed by atoms with Gasteiger partial charge >= 0.3 is 0 Å². The van der Waals surface area contributed by atoms with Crippen molar-refractivity contribution in [3.05, 3.63) is 59.7 Å². The molecule has 0 spiro atoms. The number of hydrogen-bond acceptors (Lipinski definition) is 4. The highest BCUT2D eigenvalue weighted by Gasteiger charge is 2.71. The van der Waals surface area contributed by atoms with Gasteiger partial charge in [-0.25, -0.2) is 16.8 Å². The van der Waals surface area contributed by atoms with Crippen molar-refractivity contribution >= 4 is 20.0 Å². The predicted octanol–water partition coefficient (Wildman–Crippen LogP) is 2.78. The molecule has 0 bridgehead atoms. The van der Waals surface area contributed by atoms with E-state index in [1.807, 2.05) is 38.1 Å². The number of aryl methyl sites for hydroxylation is 2. The summed E-state index contributed by atoms with van der Waals surface area (Å²) in [5.74, 6) is 0. The van der Waals surface area contributed by atoms with Crippen LogP contribution in [0, 0.1) is 24.7 Å². The van der Waals surface area contributed by atoms with Crippen LogP contribution in [0.1, 0.15) is 24.0 Å². The molecule has 2 aromatic carbocycles. The van der Waals surface area contributed by atoms with Crippen LogP contribution in [0.25, 0.3) is 0 Å². The van der Waals surface area contributed by atoms with Gasteiger partial charge < -0.3 is 0 Å². The summed E-state index contributed by atoms with van der Waals surface area (Å²) in [5, 5.41) is 0. The maximum absolute atomic E-state index is 13.2. The lowest BCUT2D eigenvalue weighted by atomic mass is 9.53. The van der Waals surface area contributed by atoms with Gasteiger partial charge in [0.05, 0.1) is 9.79 Å². The summed E-state index contributed by atoms with van der Waals surface area (Å²) in [6.45, 7) is 5.42. The highest BCUT2D eigenvalue weighted by atomic mass is 32.2. The Kier molecular flexibility index (Phi) is 4.29. The van der Waals surface area contributed by atoms with Gasteiger partial charge in [-0.2, -0.15) is 8.61 Å². The van der Waals surface area contributed by atoms with Crippen molar-refractivity contribution in [1.29, 1.82) is 0 Å². The maximum Gasteiger partial charge on any atom is 0.243 e. The van der Waals surface area contributed by atoms with Crippen LogP contribution >= 0.6 is 0 Å². The Balaban J connectivity index is 1.42. The average Bonchev–Trinajstić information content (AvgIpc) is 3.02. The molecule has 2 heterocycles. The predicted molar refractivity (Wildman–Crippen MR) is 114 cm³/mol. The Labute approximate surface area is 178 Å². The van der Waals surface area contributed by atoms with Crippen LogP contribution in [-0.4, -0.2) is 51.6 Å². The highest BCUT2D eigenvalue weighted by molar-refractivity contribution is 7.89. The van der Waals surface area contributed by atoms with Gasteiger partial charge in [0.1, 0.15) is 0 Å². The van der Waals surface area contributed by atoms with Gasteiger partial charge in [-0.05, 0) is 51.0 Å². The molecule has 0 atom stereocenters. The molecule has 1 saturated carbocycles. The number of nitrogens with zero attached hydrogens (tertiary/aromatic N) is 2. The van der Waals surface area contributed by atoms with E-state index in [2.05, 4.69) is 0 Å². The summed E-state index contributed by atoms with van der Waals surface area (Å²) in [7, 11) is -7.16. The second kappa shape index (κ2) is 6.38. The molecule has 0 amide bonds. The van der Waals surface area contributed by atoms with Crippen molar-refractivity contribution in [2.45, 2.75) is 36.5 Å². The standard InChI is InChI=1S/C22H26N2O4S2/c1-17-3-7-19(8-4-17)29(25,26)23-13-21-11-12-22(21,14-23)16-24(15-21)30(27,28)20-9-5-18(2)6-10-20/h3-10H,11-16H2,1-2H3. The van der Waals surface area contributed by atoms with Gasteiger partial charge in [-0.1, -0.05) is 35.4 Å². The zero-order valence-electron chi connectivity index (χ0n) is 17.2. The second-order valence-corrected chi connectivity index (χ2v) is 13.1. The SMILES string of the molecule is Cc1ccc(S(=O)(=O)N2CC34CCC3(C2)CN(S(=O)(=O)c2ccc(C)cc2)C4)cc1. The molecular weight excluding hydrogens is 420 g/mol. The van der Waals surface area contributed by atoms with Crippen molar-refractivity contribution in [2.24, 2.45) is 10.8 Å². The van der Waals surface area contributed by atoms with Crippen LogP contribution in [0.2, 0.25) is 0 Å². The molecule has 0 unspecified atom stereocenters. The summed E-state index contributed by atoms with van der Waals surface area (Å²) in [5.41, 5.74) is 1.48. The molecule has 1 aliphatic carbocycles. The molecule has 2 saturated heterocycles. The van der Waals surface area contributed by atoms with Crippen LogP contribution in [0.4, 0.5) is 0 Å². The maximum atomic E-state index is 13.2. The third-order valence-electron chi connectivity index (χ3n) is 7.44. The van der Waals surface area contributed by atoms with Crippen molar-refractivity contribution in [3.8, 4) is 0 Å². The molecule has 5 rings (SSSR count). The molecule has 30 heavy (non-hydrogen) atoms. The van der Waals surface area contributed by atoms with E-state index in [1.54, 1.807) is 32.9 Å². The molecule has 2 aromatic rings. The first-order valence-corrected chi connectivity index (χ1v) is 13.1. The Morgan fingerprint density at radius 3 is 1.17 bits per heavy atom. The van der Waals surface area contributed by atoms with Crippen molar-refractivity contribution in [2.75, 3.05) is 26.2 Å². The van der Waals surface area contributed by atoms with Gasteiger partial charge in [0, 0.05) is 37.0 Å². The Hall–Kier alpha value is -1.74. The fourth-order valence-electron chi connectivity index (χ4n) is 5.44. The first-order chi connectivity index (χ1) is 14.1. The van der Waals surface area contributed by atoms with Gasteiger partial charge in [0.25, 0.3) is 0 Å². The number of benzene rings is 2. The first-order valence-electron chi connectivity index (χ1n) is 10.2. The molecule has 0 N–H and O–H groups in total. The molecule has 160 valence electrons. The van der Waals surface area contributed by atoms with E-state index >= 15 is 0 Å². The highest BCUT2D eigenvalue weighted by Crippen LogP contribution is 2.66. The lowest BCUT2D eigenvalue weighted by Gasteiger charge is -2.48. The molecule has 3 fully saturated rings. The number of hydrogen-bond donors (Lipinski definition) is 0. The molecule has 2 aliphatic heterocycles. The minimum Gasteiger partial charge on any atom is -0.207 e. The quantitative estimate of drug-likeness (QED) is 0.724. The summed E-state index contributed by atoms with van der Waals surface area (Å²) in [6.07, 6.45) is 1.74. The number of sulfonamides is 2. The van der Waals surface area contributed by atoms with E-state index < -0.39 is 20.0 Å². The fourth-order valence-corrected chi connectivity index (χ4v) is 8.66. The third kappa shape index (κ3) is 2.74. The molecular formula is C22H26N2O4S2. The van der Waals surface area contributed by atoms with E-state index in [9.17, 15) is 16.8 Å². The topological polar surface area (TPSA) is 74.8 Å². The molecule has 0 aromatic heterocycles. The normalized spacial score (nSPS) is 29.4. The molecule has 0 radical (unpaired) electrons. The van der Waals surface area contributed by atoms with Crippen molar-refractivity contribution in [1.82, 2.24) is 8.61 Å². The largest absolute Gasteiger partial charge is 0.243 e. The zero-order valence-corrected chi connectivity index (χ0v) is 18.8. The lowest BCUT2D eigenvalue weighted by molar-refractivity contribution is 0.0255. The van der Waals surface area contributed by atoms with E-state index in [0.29, 0.717) is 36.0 Å². The molecule has 6 nitrogen and oxygen atoms in total. The van der Waals surface area contributed by atoms with Crippen LogP contribution in [-0.2, 0) is 20.0 Å². The number of rotatable bonds is 4. The minimum atomic E-state index is -3.58. The van der Waals surface area contributed by atoms with Crippen LogP contribution in [0.5, 0.6) is 0 Å². The minimum absolute atomic E-state index is 0.275. The monoisotopic (exact) mass is 446 g/mol. The van der Waals surface area contributed by atoms with Crippen LogP contribution in [0.3, 0.4) is 0 Å². The van der Waals surface area contributed by atoms with Gasteiger partial charge in [0.2, 0.25) is 20.0 Å². The van der Waals surface area contributed by atoms with Gasteiger partial charge in [0.15, 0.2) is 0 Å². The summed E-state index contributed by atoms with van der Waals surface area (Å²) in [6, 6.07) is 13.9. The molecule has 3 aliphatic rings. The second-order valence-electron chi connectivity index (χ2n) is 9.23. The van der Waals surface area contributed by atoms with Gasteiger partial charge in [-0.15, -0.1) is 0 Å². The smallest absolute Gasteiger partial charge is 0.207 e. The van der Waals surface area contributed by atoms with E-state index in [1.165, 1.54) is 0 Å². The third-order valence-corrected chi connectivity index (χ3v) is 11.1. The van der Waals surface area contributed by atoms with E-state index in [0.717, 1.165) is 24.0 Å². The first kappa shape index (κ1) is 20.2. The van der Waals surface area contributed by atoms with Crippen LogP contribution < -0.4 is 0 Å². The average molecular weight is 447 g/mol. The Bertz CT molecular complexity index is 1090. The Morgan fingerprint density at radius 1 is 0.600 bits per heavy atom. The van der Waals surface area contributed by atoms with Crippen LogP contribution in [0.15, 0.2) is 58.3 Å². The Morgan fingerprint density at radius 2 is 0.900 bits per heavy atom. The summed E-state index contributed by atoms with van der Waals surface area (Å²) in [4.78, 5) is 0.619. The lowest BCUT2D eigenvalue weighted by Crippen LogP contribution is -2.49. The summed E-state index contributed by atoms with van der Waals surface area (Å²) >= 11 is 0. The fraction of sp³-hybridized carbons (Fsp3) is 0.455. The van der Waals surface area contributed by atoms with E-state index in [-0.39, 0.29) is 10.8 Å². The molecule has 8 heteroatoms. The van der Waals surface area contributed by atoms with Crippen molar-refractivity contribution in [3.63, 3.8) is 0 Å². The zero-order chi connectivity index (χ0) is 21.4. The van der Waals surface area contributed by atoms with Gasteiger partial charge in [-0.3, -0.25) is 0 Å².